The van der Waals surface area contributed by atoms with Crippen LogP contribution in [0.25, 0.3) is 0 Å². The fraction of sp³-hybridized carbons (Fsp3) is 0.250. The first-order valence-corrected chi connectivity index (χ1v) is 6.48. The number of aryl methyl sites for hydroxylation is 1. The molecule has 0 aliphatic heterocycles. The number of pyridine rings is 1. The van der Waals surface area contributed by atoms with Gasteiger partial charge < -0.3 is 10.7 Å². The molecule has 6 heteroatoms. The fourth-order valence-electron chi connectivity index (χ4n) is 1.50. The Morgan fingerprint density at radius 2 is 2.28 bits per heavy atom. The number of nitrogen functional groups attached to an aromatic ring is 1. The fourth-order valence-corrected chi connectivity index (χ4v) is 2.32. The molecular weight excluding hydrogens is 248 g/mol. The quantitative estimate of drug-likeness (QED) is 0.821. The summed E-state index contributed by atoms with van der Waals surface area (Å²) < 4.78 is 0. The Morgan fingerprint density at radius 3 is 3.00 bits per heavy atom. The number of aromatic nitrogens is 3. The van der Waals surface area contributed by atoms with Gasteiger partial charge in [0.2, 0.25) is 0 Å². The number of nitrogens with one attached hydrogen (secondary N) is 1. The van der Waals surface area contributed by atoms with E-state index >= 15 is 0 Å². The Hall–Kier alpha value is -1.82. The van der Waals surface area contributed by atoms with Crippen LogP contribution in [0.4, 0.5) is 5.69 Å². The number of hydrogen-bond donors (Lipinski definition) is 2. The largest absolute Gasteiger partial charge is 0.399 e. The van der Waals surface area contributed by atoms with Crippen molar-refractivity contribution >= 4 is 17.4 Å². The molecule has 5 nitrogen and oxygen atoms in total. The van der Waals surface area contributed by atoms with Gasteiger partial charge in [0.05, 0.1) is 0 Å². The van der Waals surface area contributed by atoms with E-state index in [1.54, 1.807) is 18.3 Å². The van der Waals surface area contributed by atoms with Gasteiger partial charge >= 0.3 is 0 Å². The van der Waals surface area contributed by atoms with Crippen molar-refractivity contribution in [2.75, 3.05) is 5.73 Å². The Balaban J connectivity index is 2.26. The lowest BCUT2D eigenvalue weighted by Gasteiger charge is -2.03. The maximum Gasteiger partial charge on any atom is 0.251 e. The molecule has 0 aliphatic carbocycles. The summed E-state index contributed by atoms with van der Waals surface area (Å²) in [4.78, 5) is 22.7. The predicted octanol–water partition coefficient (Wildman–Crippen LogP) is 1.85. The average Bonchev–Trinajstić information content (AvgIpc) is 2.28. The molecule has 0 amide bonds. The second kappa shape index (κ2) is 5.68. The highest BCUT2D eigenvalue weighted by atomic mass is 32.2. The number of H-pyrrole nitrogens is 1. The predicted molar refractivity (Wildman–Crippen MR) is 71.6 cm³/mol. The van der Waals surface area contributed by atoms with Gasteiger partial charge in [-0.15, -0.1) is 0 Å². The van der Waals surface area contributed by atoms with Crippen molar-refractivity contribution < 1.29 is 0 Å². The summed E-state index contributed by atoms with van der Waals surface area (Å²) in [7, 11) is 0. The topological polar surface area (TPSA) is 84.7 Å². The lowest BCUT2D eigenvalue weighted by atomic mass is 10.2. The normalized spacial score (nSPS) is 10.5. The van der Waals surface area contributed by atoms with E-state index in [2.05, 4.69) is 21.9 Å². The van der Waals surface area contributed by atoms with Crippen LogP contribution < -0.4 is 11.3 Å². The zero-order chi connectivity index (χ0) is 13.0. The van der Waals surface area contributed by atoms with E-state index in [9.17, 15) is 4.79 Å². The van der Waals surface area contributed by atoms with Crippen LogP contribution >= 0.6 is 11.8 Å². The Kier molecular flexibility index (Phi) is 3.99. The van der Waals surface area contributed by atoms with Crippen molar-refractivity contribution in [1.29, 1.82) is 0 Å². The Labute approximate surface area is 109 Å². The van der Waals surface area contributed by atoms with E-state index in [1.165, 1.54) is 17.8 Å². The van der Waals surface area contributed by atoms with Gasteiger partial charge in [-0.2, -0.15) is 0 Å². The van der Waals surface area contributed by atoms with Crippen LogP contribution in [0.1, 0.15) is 19.0 Å². The summed E-state index contributed by atoms with van der Waals surface area (Å²) in [6.45, 7) is 2.05. The first kappa shape index (κ1) is 12.6. The van der Waals surface area contributed by atoms with Crippen molar-refractivity contribution in [2.45, 2.75) is 29.9 Å². The second-order valence-corrected chi connectivity index (χ2v) is 4.83. The molecule has 0 saturated carbocycles. The Bertz CT molecular complexity index is 597. The zero-order valence-corrected chi connectivity index (χ0v) is 10.8. The number of anilines is 1. The minimum Gasteiger partial charge on any atom is -0.399 e. The summed E-state index contributed by atoms with van der Waals surface area (Å²) in [6, 6.07) is 4.99. The van der Waals surface area contributed by atoms with Gasteiger partial charge in [-0.3, -0.25) is 4.79 Å². The van der Waals surface area contributed by atoms with E-state index in [4.69, 9.17) is 5.73 Å². The van der Waals surface area contributed by atoms with Crippen LogP contribution in [0.3, 0.4) is 0 Å². The number of rotatable bonds is 4. The van der Waals surface area contributed by atoms with E-state index in [0.717, 1.165) is 18.5 Å². The standard InChI is InChI=1S/C12H14N4OS/c1-2-3-9-7-10(17)16-12(15-9)18-11-6-8(13)4-5-14-11/h4-7H,2-3H2,1H3,(H2,13,14)(H,15,16,17). The van der Waals surface area contributed by atoms with Crippen molar-refractivity contribution in [1.82, 2.24) is 15.0 Å². The summed E-state index contributed by atoms with van der Waals surface area (Å²) in [5.41, 5.74) is 6.97. The average molecular weight is 262 g/mol. The molecule has 0 aliphatic rings. The summed E-state index contributed by atoms with van der Waals surface area (Å²) in [5, 5.41) is 1.26. The number of nitrogens with zero attached hydrogens (tertiary/aromatic N) is 2. The van der Waals surface area contributed by atoms with Gasteiger partial charge in [0.15, 0.2) is 5.16 Å². The molecule has 18 heavy (non-hydrogen) atoms. The molecule has 0 fully saturated rings. The summed E-state index contributed by atoms with van der Waals surface area (Å²) >= 11 is 1.30. The number of nitrogens with two attached hydrogens (primary N) is 1. The van der Waals surface area contributed by atoms with Gasteiger partial charge in [0.25, 0.3) is 5.56 Å². The van der Waals surface area contributed by atoms with Crippen LogP contribution in [0.5, 0.6) is 0 Å². The molecule has 0 unspecified atom stereocenters. The van der Waals surface area contributed by atoms with Crippen molar-refractivity contribution in [3.05, 3.63) is 40.4 Å². The molecule has 3 N–H and O–H groups in total. The zero-order valence-electron chi connectivity index (χ0n) is 10.0. The maximum absolute atomic E-state index is 11.5. The van der Waals surface area contributed by atoms with Gasteiger partial charge in [-0.05, 0) is 30.3 Å². The Morgan fingerprint density at radius 1 is 1.44 bits per heavy atom. The van der Waals surface area contributed by atoms with Crippen LogP contribution in [0.2, 0.25) is 0 Å². The van der Waals surface area contributed by atoms with Crippen molar-refractivity contribution in [3.63, 3.8) is 0 Å². The minimum atomic E-state index is -0.139. The molecule has 0 saturated heterocycles. The molecule has 0 atom stereocenters. The summed E-state index contributed by atoms with van der Waals surface area (Å²) in [5.74, 6) is 0. The summed E-state index contributed by atoms with van der Waals surface area (Å²) in [6.07, 6.45) is 3.38. The van der Waals surface area contributed by atoms with E-state index in [-0.39, 0.29) is 5.56 Å². The highest BCUT2D eigenvalue weighted by Crippen LogP contribution is 2.23. The molecule has 2 aromatic heterocycles. The lowest BCUT2D eigenvalue weighted by molar-refractivity contribution is 0.815. The molecule has 2 rings (SSSR count). The SMILES string of the molecule is CCCc1cc(=O)[nH]c(Sc2cc(N)ccn2)n1. The first-order chi connectivity index (χ1) is 8.67. The van der Waals surface area contributed by atoms with E-state index in [1.807, 2.05) is 0 Å². The highest BCUT2D eigenvalue weighted by molar-refractivity contribution is 7.99. The van der Waals surface area contributed by atoms with Crippen LogP contribution in [-0.2, 0) is 6.42 Å². The van der Waals surface area contributed by atoms with E-state index in [0.29, 0.717) is 15.9 Å². The monoisotopic (exact) mass is 262 g/mol. The minimum absolute atomic E-state index is 0.139. The molecule has 2 heterocycles. The first-order valence-electron chi connectivity index (χ1n) is 5.67. The van der Waals surface area contributed by atoms with Crippen LogP contribution in [-0.4, -0.2) is 15.0 Å². The molecule has 0 aromatic carbocycles. The molecule has 94 valence electrons. The number of hydrogen-bond acceptors (Lipinski definition) is 5. The van der Waals surface area contributed by atoms with Crippen LogP contribution in [0.15, 0.2) is 39.4 Å². The van der Waals surface area contributed by atoms with Gasteiger partial charge in [0, 0.05) is 23.6 Å². The maximum atomic E-state index is 11.5. The molecule has 0 bridgehead atoms. The molecular formula is C12H14N4OS. The molecule has 0 radical (unpaired) electrons. The van der Waals surface area contributed by atoms with Gasteiger partial charge in [-0.1, -0.05) is 13.3 Å². The van der Waals surface area contributed by atoms with Gasteiger partial charge in [0.1, 0.15) is 5.03 Å². The second-order valence-electron chi connectivity index (χ2n) is 3.82. The third-order valence-electron chi connectivity index (χ3n) is 2.24. The van der Waals surface area contributed by atoms with Crippen molar-refractivity contribution in [2.24, 2.45) is 0 Å². The third-order valence-corrected chi connectivity index (χ3v) is 3.06. The molecule has 0 spiro atoms. The smallest absolute Gasteiger partial charge is 0.251 e. The van der Waals surface area contributed by atoms with E-state index < -0.39 is 0 Å². The third kappa shape index (κ3) is 3.33. The van der Waals surface area contributed by atoms with Gasteiger partial charge in [-0.25, -0.2) is 9.97 Å². The highest BCUT2D eigenvalue weighted by Gasteiger charge is 2.04. The lowest BCUT2D eigenvalue weighted by Crippen LogP contribution is -2.09. The molecule has 2 aromatic rings. The van der Waals surface area contributed by atoms with Crippen LogP contribution in [0, 0.1) is 0 Å². The number of aromatic amines is 1. The van der Waals surface area contributed by atoms with Crippen molar-refractivity contribution in [3.8, 4) is 0 Å².